The van der Waals surface area contributed by atoms with Crippen LogP contribution in [0.4, 0.5) is 8.78 Å². The number of rotatable bonds is 6. The molecule has 0 fully saturated rings. The van der Waals surface area contributed by atoms with Crippen LogP contribution in [0.15, 0.2) is 64.4 Å². The lowest BCUT2D eigenvalue weighted by Crippen LogP contribution is -2.35. The maximum Gasteiger partial charge on any atom is 0.314 e. The molecule has 0 saturated carbocycles. The predicted molar refractivity (Wildman–Crippen MR) is 109 cm³/mol. The first-order chi connectivity index (χ1) is 16.4. The highest BCUT2D eigenvalue weighted by Gasteiger charge is 2.45. The van der Waals surface area contributed by atoms with Crippen molar-refractivity contribution in [3.8, 4) is 11.5 Å². The van der Waals surface area contributed by atoms with E-state index >= 15 is 0 Å². The van der Waals surface area contributed by atoms with Crippen molar-refractivity contribution in [2.45, 2.75) is 30.0 Å². The SMILES string of the molecule is O=S1(=O)c2cc(-c3nnc(C(F)F)o3)ccc2CN1[C@H](c1ncccn1)[C@H](O)c1ncccn1. The van der Waals surface area contributed by atoms with Crippen molar-refractivity contribution in [1.82, 2.24) is 34.4 Å². The van der Waals surface area contributed by atoms with Gasteiger partial charge in [0.2, 0.25) is 15.9 Å². The molecule has 1 aliphatic heterocycles. The number of halogens is 2. The zero-order chi connectivity index (χ0) is 23.9. The molecule has 0 amide bonds. The molecule has 1 N–H and O–H groups in total. The summed E-state index contributed by atoms with van der Waals surface area (Å²) in [5.74, 6) is -1.06. The summed E-state index contributed by atoms with van der Waals surface area (Å²) in [5, 5.41) is 17.9. The molecule has 1 aromatic carbocycles. The fourth-order valence-electron chi connectivity index (χ4n) is 3.62. The summed E-state index contributed by atoms with van der Waals surface area (Å²) in [6.07, 6.45) is 1.27. The molecule has 174 valence electrons. The van der Waals surface area contributed by atoms with E-state index in [1.54, 1.807) is 12.1 Å². The lowest BCUT2D eigenvalue weighted by atomic mass is 10.1. The van der Waals surface area contributed by atoms with Crippen LogP contribution >= 0.6 is 0 Å². The van der Waals surface area contributed by atoms with Gasteiger partial charge in [0.15, 0.2) is 5.82 Å². The molecule has 0 radical (unpaired) electrons. The second-order valence-corrected chi connectivity index (χ2v) is 9.08. The quantitative estimate of drug-likeness (QED) is 0.429. The Hall–Kier alpha value is -3.75. The Kier molecular flexibility index (Phi) is 5.55. The molecular formula is C20H15F2N7O4S. The molecule has 1 aliphatic rings. The Morgan fingerprint density at radius 2 is 1.62 bits per heavy atom. The molecule has 5 rings (SSSR count). The summed E-state index contributed by atoms with van der Waals surface area (Å²) in [6, 6.07) is 6.16. The van der Waals surface area contributed by atoms with Gasteiger partial charge in [-0.15, -0.1) is 10.2 Å². The van der Waals surface area contributed by atoms with Crippen LogP contribution in [0.5, 0.6) is 0 Å². The fourth-order valence-corrected chi connectivity index (χ4v) is 5.43. The summed E-state index contributed by atoms with van der Waals surface area (Å²) in [4.78, 5) is 16.3. The molecule has 0 unspecified atom stereocenters. The number of aromatic nitrogens is 6. The minimum atomic E-state index is -4.19. The van der Waals surface area contributed by atoms with E-state index in [1.807, 2.05) is 0 Å². The average molecular weight is 487 g/mol. The van der Waals surface area contributed by atoms with Crippen molar-refractivity contribution in [1.29, 1.82) is 0 Å². The number of hydrogen-bond donors (Lipinski definition) is 1. The van der Waals surface area contributed by atoms with E-state index < -0.39 is 34.5 Å². The minimum Gasteiger partial charge on any atom is -0.415 e. The van der Waals surface area contributed by atoms with E-state index in [1.165, 1.54) is 43.0 Å². The van der Waals surface area contributed by atoms with Crippen LogP contribution < -0.4 is 0 Å². The van der Waals surface area contributed by atoms with Crippen molar-refractivity contribution in [2.75, 3.05) is 0 Å². The second kappa shape index (κ2) is 8.55. The van der Waals surface area contributed by atoms with E-state index in [9.17, 15) is 22.3 Å². The van der Waals surface area contributed by atoms with Gasteiger partial charge in [0.05, 0.1) is 4.90 Å². The largest absolute Gasteiger partial charge is 0.415 e. The third kappa shape index (κ3) is 3.81. The van der Waals surface area contributed by atoms with Gasteiger partial charge in [0.25, 0.3) is 5.89 Å². The van der Waals surface area contributed by atoms with Gasteiger partial charge in [-0.3, -0.25) is 0 Å². The molecule has 0 aliphatic carbocycles. The molecule has 2 atom stereocenters. The number of alkyl halides is 2. The van der Waals surface area contributed by atoms with Crippen LogP contribution in [0.1, 0.15) is 41.7 Å². The lowest BCUT2D eigenvalue weighted by molar-refractivity contribution is 0.0763. The smallest absolute Gasteiger partial charge is 0.314 e. The van der Waals surface area contributed by atoms with E-state index in [-0.39, 0.29) is 34.5 Å². The van der Waals surface area contributed by atoms with Gasteiger partial charge in [-0.1, -0.05) is 6.07 Å². The highest BCUT2D eigenvalue weighted by atomic mass is 32.2. The van der Waals surface area contributed by atoms with Gasteiger partial charge in [-0.25, -0.2) is 28.4 Å². The van der Waals surface area contributed by atoms with Crippen LogP contribution in [-0.2, 0) is 16.6 Å². The zero-order valence-corrected chi connectivity index (χ0v) is 17.9. The Balaban J connectivity index is 1.56. The third-order valence-corrected chi connectivity index (χ3v) is 7.07. The van der Waals surface area contributed by atoms with E-state index in [4.69, 9.17) is 4.42 Å². The van der Waals surface area contributed by atoms with Crippen molar-refractivity contribution in [2.24, 2.45) is 0 Å². The first-order valence-corrected chi connectivity index (χ1v) is 11.3. The van der Waals surface area contributed by atoms with E-state index in [2.05, 4.69) is 30.1 Å². The predicted octanol–water partition coefficient (Wildman–Crippen LogP) is 2.23. The number of sulfonamides is 1. The van der Waals surface area contributed by atoms with Gasteiger partial charge in [0.1, 0.15) is 18.0 Å². The average Bonchev–Trinajstić information content (AvgIpc) is 3.44. The maximum atomic E-state index is 13.6. The molecule has 14 heteroatoms. The molecule has 34 heavy (non-hydrogen) atoms. The fraction of sp³-hybridized carbons (Fsp3) is 0.200. The summed E-state index contributed by atoms with van der Waals surface area (Å²) in [7, 11) is -4.19. The summed E-state index contributed by atoms with van der Waals surface area (Å²) < 4.78 is 58.7. The molecule has 0 bridgehead atoms. The number of aliphatic hydroxyl groups excluding tert-OH is 1. The second-order valence-electron chi connectivity index (χ2n) is 7.22. The molecular weight excluding hydrogens is 472 g/mol. The summed E-state index contributed by atoms with van der Waals surface area (Å²) in [6.45, 7) is -0.100. The Labute approximate surface area is 191 Å². The molecule has 4 heterocycles. The zero-order valence-electron chi connectivity index (χ0n) is 17.1. The monoisotopic (exact) mass is 487 g/mol. The van der Waals surface area contributed by atoms with Crippen LogP contribution in [0.25, 0.3) is 11.5 Å². The number of aliphatic hydroxyl groups is 1. The first-order valence-electron chi connectivity index (χ1n) is 9.85. The van der Waals surface area contributed by atoms with E-state index in [0.29, 0.717) is 5.56 Å². The van der Waals surface area contributed by atoms with Gasteiger partial charge in [0, 0.05) is 36.9 Å². The van der Waals surface area contributed by atoms with Crippen LogP contribution in [0.2, 0.25) is 0 Å². The van der Waals surface area contributed by atoms with Gasteiger partial charge in [-0.05, 0) is 29.8 Å². The molecule has 11 nitrogen and oxygen atoms in total. The van der Waals surface area contributed by atoms with Gasteiger partial charge in [-0.2, -0.15) is 13.1 Å². The highest BCUT2D eigenvalue weighted by Crippen LogP contribution is 2.42. The number of nitrogens with zero attached hydrogens (tertiary/aromatic N) is 7. The van der Waals surface area contributed by atoms with Crippen molar-refractivity contribution in [3.05, 3.63) is 78.2 Å². The molecule has 3 aromatic heterocycles. The molecule has 4 aromatic rings. The topological polar surface area (TPSA) is 148 Å². The van der Waals surface area contributed by atoms with Crippen molar-refractivity contribution in [3.63, 3.8) is 0 Å². The van der Waals surface area contributed by atoms with Gasteiger partial charge < -0.3 is 9.52 Å². The van der Waals surface area contributed by atoms with Crippen LogP contribution in [-0.4, -0.2) is 48.0 Å². The number of hydrogen-bond acceptors (Lipinski definition) is 10. The first kappa shape index (κ1) is 22.1. The summed E-state index contributed by atoms with van der Waals surface area (Å²) in [5.41, 5.74) is 0.572. The minimum absolute atomic E-state index is 0.00260. The van der Waals surface area contributed by atoms with Crippen LogP contribution in [0.3, 0.4) is 0 Å². The van der Waals surface area contributed by atoms with Crippen LogP contribution in [0, 0.1) is 0 Å². The number of benzene rings is 1. The lowest BCUT2D eigenvalue weighted by Gasteiger charge is -2.28. The van der Waals surface area contributed by atoms with E-state index in [0.717, 1.165) is 4.31 Å². The Bertz CT molecular complexity index is 1420. The standard InChI is InChI=1S/C20H15F2N7O4S/c21-16(22)20-28-27-19(33-20)11-3-4-12-10-29(34(31,32)13(12)9-11)14(17-23-5-1-6-24-17)15(30)18-25-7-2-8-26-18/h1-9,14-16,30H,10H2/t14-,15-/m0/s1. The molecule has 0 spiro atoms. The number of fused-ring (bicyclic) bond motifs is 1. The normalized spacial score (nSPS) is 16.9. The van der Waals surface area contributed by atoms with Crippen molar-refractivity contribution < 1.29 is 26.7 Å². The maximum absolute atomic E-state index is 13.6. The van der Waals surface area contributed by atoms with Crippen molar-refractivity contribution >= 4 is 10.0 Å². The highest BCUT2D eigenvalue weighted by molar-refractivity contribution is 7.89. The summed E-state index contributed by atoms with van der Waals surface area (Å²) >= 11 is 0. The Morgan fingerprint density at radius 3 is 2.24 bits per heavy atom. The Morgan fingerprint density at radius 1 is 0.971 bits per heavy atom. The van der Waals surface area contributed by atoms with Gasteiger partial charge >= 0.3 is 6.43 Å². The third-order valence-electron chi connectivity index (χ3n) is 5.16. The molecule has 0 saturated heterocycles.